The first-order valence-corrected chi connectivity index (χ1v) is 6.12. The van der Waals surface area contributed by atoms with Crippen molar-refractivity contribution in [1.82, 2.24) is 0 Å². The number of hydrogen-bond acceptors (Lipinski definition) is 3. The fourth-order valence-electron chi connectivity index (χ4n) is 1.65. The minimum Gasteiger partial charge on any atom is -0.491 e. The summed E-state index contributed by atoms with van der Waals surface area (Å²) in [7, 11) is 0. The molecule has 0 unspecified atom stereocenters. The van der Waals surface area contributed by atoms with Gasteiger partial charge in [-0.05, 0) is 37.5 Å². The van der Waals surface area contributed by atoms with Crippen LogP contribution in [0.25, 0.3) is 0 Å². The van der Waals surface area contributed by atoms with Crippen molar-refractivity contribution in [2.75, 3.05) is 0 Å². The molecule has 1 rings (SSSR count). The largest absolute Gasteiger partial charge is 0.491 e. The smallest absolute Gasteiger partial charge is 0.119 e. The second kappa shape index (κ2) is 7.62. The topological polar surface area (TPSA) is 55.5 Å². The van der Waals surface area contributed by atoms with Crippen LogP contribution in [0.5, 0.6) is 5.75 Å². The van der Waals surface area contributed by atoms with E-state index >= 15 is 0 Å². The molecule has 1 aromatic rings. The average Bonchev–Trinajstić information content (AvgIpc) is 2.27. The predicted octanol–water partition coefficient (Wildman–Crippen LogP) is 2.91. The molecule has 0 aliphatic carbocycles. The van der Waals surface area contributed by atoms with Gasteiger partial charge in [-0.15, -0.1) is 12.4 Å². The molecule has 0 aliphatic rings. The number of hydrogen-bond donors (Lipinski definition) is 2. The van der Waals surface area contributed by atoms with E-state index in [9.17, 15) is 5.11 Å². The molecule has 2 atom stereocenters. The number of rotatable bonds is 5. The summed E-state index contributed by atoms with van der Waals surface area (Å²) < 4.78 is 5.55. The molecule has 0 amide bonds. The summed E-state index contributed by atoms with van der Waals surface area (Å²) >= 11 is 0. The van der Waals surface area contributed by atoms with Gasteiger partial charge in [0.15, 0.2) is 0 Å². The Balaban J connectivity index is 0.00000289. The quantitative estimate of drug-likeness (QED) is 0.867. The minimum absolute atomic E-state index is 0. The van der Waals surface area contributed by atoms with Gasteiger partial charge in [0, 0.05) is 0 Å². The Labute approximate surface area is 116 Å². The summed E-state index contributed by atoms with van der Waals surface area (Å²) in [6, 6.07) is 7.26. The number of aliphatic hydroxyl groups excluding tert-OH is 1. The van der Waals surface area contributed by atoms with Gasteiger partial charge in [-0.25, -0.2) is 0 Å². The molecule has 3 N–H and O–H groups in total. The van der Waals surface area contributed by atoms with E-state index in [1.54, 1.807) is 0 Å². The van der Waals surface area contributed by atoms with E-state index in [1.165, 1.54) is 0 Å². The SMILES string of the molecule is CC(C)Oc1ccc([C@@H](N)[C@@H](O)C(C)C)cc1.Cl. The number of ether oxygens (including phenoxy) is 1. The summed E-state index contributed by atoms with van der Waals surface area (Å²) in [5.41, 5.74) is 6.93. The Morgan fingerprint density at radius 2 is 1.56 bits per heavy atom. The van der Waals surface area contributed by atoms with Crippen molar-refractivity contribution in [1.29, 1.82) is 0 Å². The van der Waals surface area contributed by atoms with Gasteiger partial charge in [-0.2, -0.15) is 0 Å². The van der Waals surface area contributed by atoms with Crippen LogP contribution < -0.4 is 10.5 Å². The molecule has 0 spiro atoms. The second-order valence-electron chi connectivity index (χ2n) is 5.00. The molecule has 0 saturated carbocycles. The van der Waals surface area contributed by atoms with Gasteiger partial charge in [0.25, 0.3) is 0 Å². The van der Waals surface area contributed by atoms with E-state index in [-0.39, 0.29) is 30.5 Å². The molecule has 3 nitrogen and oxygen atoms in total. The maximum Gasteiger partial charge on any atom is 0.119 e. The van der Waals surface area contributed by atoms with E-state index in [4.69, 9.17) is 10.5 Å². The molecule has 0 aliphatic heterocycles. The number of benzene rings is 1. The molecule has 0 bridgehead atoms. The van der Waals surface area contributed by atoms with E-state index < -0.39 is 6.10 Å². The van der Waals surface area contributed by atoms with Crippen molar-refractivity contribution >= 4 is 12.4 Å². The third-order valence-corrected chi connectivity index (χ3v) is 2.69. The normalized spacial score (nSPS) is 14.2. The van der Waals surface area contributed by atoms with Gasteiger partial charge in [0.2, 0.25) is 0 Å². The van der Waals surface area contributed by atoms with E-state index in [0.29, 0.717) is 0 Å². The van der Waals surface area contributed by atoms with Gasteiger partial charge in [0.1, 0.15) is 5.75 Å². The monoisotopic (exact) mass is 273 g/mol. The predicted molar refractivity (Wildman–Crippen MR) is 77.2 cm³/mol. The molecule has 0 radical (unpaired) electrons. The summed E-state index contributed by atoms with van der Waals surface area (Å²) in [6.45, 7) is 7.89. The second-order valence-corrected chi connectivity index (χ2v) is 5.00. The molecule has 18 heavy (non-hydrogen) atoms. The van der Waals surface area contributed by atoms with Gasteiger partial charge in [-0.1, -0.05) is 26.0 Å². The van der Waals surface area contributed by atoms with Crippen LogP contribution in [0.2, 0.25) is 0 Å². The highest BCUT2D eigenvalue weighted by atomic mass is 35.5. The van der Waals surface area contributed by atoms with Crippen LogP contribution in [0.4, 0.5) is 0 Å². The van der Waals surface area contributed by atoms with Crippen molar-refractivity contribution in [3.05, 3.63) is 29.8 Å². The van der Waals surface area contributed by atoms with E-state index in [2.05, 4.69) is 0 Å². The minimum atomic E-state index is -0.521. The van der Waals surface area contributed by atoms with Gasteiger partial charge < -0.3 is 15.6 Å². The van der Waals surface area contributed by atoms with E-state index in [0.717, 1.165) is 11.3 Å². The lowest BCUT2D eigenvalue weighted by Crippen LogP contribution is -2.30. The molecular weight excluding hydrogens is 250 g/mol. The summed E-state index contributed by atoms with van der Waals surface area (Å²) in [5, 5.41) is 9.91. The third kappa shape index (κ3) is 4.84. The Hall–Kier alpha value is -0.770. The van der Waals surface area contributed by atoms with Crippen LogP contribution in [0.3, 0.4) is 0 Å². The summed E-state index contributed by atoms with van der Waals surface area (Å²) in [5.74, 6) is 0.978. The van der Waals surface area contributed by atoms with Crippen LogP contribution in [-0.4, -0.2) is 17.3 Å². The first kappa shape index (κ1) is 17.2. The van der Waals surface area contributed by atoms with Crippen LogP contribution in [0.1, 0.15) is 39.3 Å². The Bertz CT molecular complexity index is 338. The fourth-order valence-corrected chi connectivity index (χ4v) is 1.65. The fraction of sp³-hybridized carbons (Fsp3) is 0.571. The Morgan fingerprint density at radius 1 is 1.06 bits per heavy atom. The molecule has 0 heterocycles. The van der Waals surface area contributed by atoms with Crippen molar-refractivity contribution in [3.63, 3.8) is 0 Å². The molecule has 0 fully saturated rings. The standard InChI is InChI=1S/C14H23NO2.ClH/c1-9(2)14(16)13(15)11-5-7-12(8-6-11)17-10(3)4;/h5-10,13-14,16H,15H2,1-4H3;1H/t13-,14+;/m1./s1. The highest BCUT2D eigenvalue weighted by molar-refractivity contribution is 5.85. The lowest BCUT2D eigenvalue weighted by atomic mass is 9.94. The third-order valence-electron chi connectivity index (χ3n) is 2.69. The van der Waals surface area contributed by atoms with Crippen molar-refractivity contribution < 1.29 is 9.84 Å². The average molecular weight is 274 g/mol. The van der Waals surface area contributed by atoms with Crippen molar-refractivity contribution in [2.24, 2.45) is 11.7 Å². The maximum absolute atomic E-state index is 9.91. The molecule has 0 saturated heterocycles. The van der Waals surface area contributed by atoms with Crippen LogP contribution in [0.15, 0.2) is 24.3 Å². The zero-order valence-corrected chi connectivity index (χ0v) is 12.3. The number of halogens is 1. The lowest BCUT2D eigenvalue weighted by molar-refractivity contribution is 0.0979. The zero-order valence-electron chi connectivity index (χ0n) is 11.5. The summed E-state index contributed by atoms with van der Waals surface area (Å²) in [4.78, 5) is 0. The zero-order chi connectivity index (χ0) is 13.0. The van der Waals surface area contributed by atoms with Crippen molar-refractivity contribution in [3.8, 4) is 5.75 Å². The van der Waals surface area contributed by atoms with Crippen LogP contribution in [0, 0.1) is 5.92 Å². The first-order chi connectivity index (χ1) is 7.91. The molecular formula is C14H24ClNO2. The van der Waals surface area contributed by atoms with Gasteiger partial charge in [0.05, 0.1) is 18.2 Å². The number of nitrogens with two attached hydrogens (primary N) is 1. The lowest BCUT2D eigenvalue weighted by Gasteiger charge is -2.22. The Kier molecular flexibility index (Phi) is 7.29. The Morgan fingerprint density at radius 3 is 1.94 bits per heavy atom. The summed E-state index contributed by atoms with van der Waals surface area (Å²) in [6.07, 6.45) is -0.359. The van der Waals surface area contributed by atoms with Gasteiger partial charge in [-0.3, -0.25) is 0 Å². The van der Waals surface area contributed by atoms with Gasteiger partial charge >= 0.3 is 0 Å². The molecule has 4 heteroatoms. The maximum atomic E-state index is 9.91. The highest BCUT2D eigenvalue weighted by Gasteiger charge is 2.19. The number of aliphatic hydroxyl groups is 1. The highest BCUT2D eigenvalue weighted by Crippen LogP contribution is 2.22. The first-order valence-electron chi connectivity index (χ1n) is 6.12. The molecule has 1 aromatic carbocycles. The van der Waals surface area contributed by atoms with Crippen LogP contribution in [-0.2, 0) is 0 Å². The molecule has 0 aromatic heterocycles. The van der Waals surface area contributed by atoms with Crippen LogP contribution >= 0.6 is 12.4 Å². The molecule has 104 valence electrons. The van der Waals surface area contributed by atoms with E-state index in [1.807, 2.05) is 52.0 Å². The van der Waals surface area contributed by atoms with Crippen molar-refractivity contribution in [2.45, 2.75) is 45.9 Å².